The van der Waals surface area contributed by atoms with Gasteiger partial charge < -0.3 is 4.90 Å². The Hall–Kier alpha value is -1.05. The van der Waals surface area contributed by atoms with E-state index in [0.717, 1.165) is 31.5 Å². The number of carbonyl (C=O) groups excluding carboxylic acids is 1. The van der Waals surface area contributed by atoms with Crippen molar-refractivity contribution in [2.45, 2.75) is 33.1 Å². The topological polar surface area (TPSA) is 20.3 Å². The fourth-order valence-electron chi connectivity index (χ4n) is 1.92. The third-order valence-corrected chi connectivity index (χ3v) is 2.81. The van der Waals surface area contributed by atoms with Crippen LogP contribution in [0.2, 0.25) is 0 Å². The molecule has 0 aromatic heterocycles. The minimum Gasteiger partial charge on any atom is -0.339 e. The summed E-state index contributed by atoms with van der Waals surface area (Å²) in [6.07, 6.45) is 7.10. The lowest BCUT2D eigenvalue weighted by Crippen LogP contribution is -2.37. The summed E-state index contributed by atoms with van der Waals surface area (Å²) < 4.78 is 0. The van der Waals surface area contributed by atoms with E-state index in [9.17, 15) is 4.79 Å². The van der Waals surface area contributed by atoms with E-state index >= 15 is 0 Å². The highest BCUT2D eigenvalue weighted by molar-refractivity contribution is 5.94. The molecule has 0 aliphatic carbocycles. The van der Waals surface area contributed by atoms with Gasteiger partial charge in [-0.2, -0.15) is 0 Å². The van der Waals surface area contributed by atoms with Gasteiger partial charge in [0.05, 0.1) is 0 Å². The Kier molecular flexibility index (Phi) is 4.60. The first kappa shape index (κ1) is 12.0. The van der Waals surface area contributed by atoms with Crippen LogP contribution < -0.4 is 0 Å². The molecule has 1 saturated heterocycles. The molecule has 1 fully saturated rings. The Bertz CT molecular complexity index is 260. The monoisotopic (exact) mass is 207 g/mol. The van der Waals surface area contributed by atoms with Crippen molar-refractivity contribution >= 4 is 5.91 Å². The van der Waals surface area contributed by atoms with E-state index in [1.165, 1.54) is 6.42 Å². The number of rotatable bonds is 3. The molecule has 1 amide bonds. The molecule has 0 radical (unpaired) electrons. The van der Waals surface area contributed by atoms with Gasteiger partial charge in [0.15, 0.2) is 0 Å². The van der Waals surface area contributed by atoms with E-state index in [-0.39, 0.29) is 11.8 Å². The van der Waals surface area contributed by atoms with Crippen LogP contribution >= 0.6 is 0 Å². The molecular formula is C13H21NO. The number of hydrogen-bond acceptors (Lipinski definition) is 1. The molecule has 1 rings (SSSR count). The first-order valence-corrected chi connectivity index (χ1v) is 5.78. The van der Waals surface area contributed by atoms with Crippen LogP contribution in [0.5, 0.6) is 0 Å². The lowest BCUT2D eigenvalue weighted by atomic mass is 10.00. The van der Waals surface area contributed by atoms with Crippen molar-refractivity contribution in [2.75, 3.05) is 13.1 Å². The van der Waals surface area contributed by atoms with Gasteiger partial charge in [-0.05, 0) is 25.2 Å². The lowest BCUT2D eigenvalue weighted by Gasteiger charge is -2.28. The summed E-state index contributed by atoms with van der Waals surface area (Å²) in [4.78, 5) is 14.1. The number of amides is 1. The minimum absolute atomic E-state index is 0.199. The van der Waals surface area contributed by atoms with E-state index in [4.69, 9.17) is 0 Å². The van der Waals surface area contributed by atoms with Crippen molar-refractivity contribution in [3.63, 3.8) is 0 Å². The molecule has 0 bridgehead atoms. The van der Waals surface area contributed by atoms with E-state index in [1.807, 2.05) is 11.0 Å². The number of carbonyl (C=O) groups is 1. The summed E-state index contributed by atoms with van der Waals surface area (Å²) in [5, 5.41) is 0. The van der Waals surface area contributed by atoms with Crippen LogP contribution in [0.1, 0.15) is 33.1 Å². The second-order valence-corrected chi connectivity index (χ2v) is 4.37. The van der Waals surface area contributed by atoms with Crippen LogP contribution in [-0.2, 0) is 4.79 Å². The second-order valence-electron chi connectivity index (χ2n) is 4.37. The Morgan fingerprint density at radius 1 is 1.27 bits per heavy atom. The number of likely N-dealkylation sites (tertiary alicyclic amines) is 1. The molecule has 0 atom stereocenters. The minimum atomic E-state index is 0.199. The Morgan fingerprint density at radius 2 is 1.87 bits per heavy atom. The van der Waals surface area contributed by atoms with E-state index in [2.05, 4.69) is 20.4 Å². The highest BCUT2D eigenvalue weighted by Gasteiger charge is 2.21. The van der Waals surface area contributed by atoms with Gasteiger partial charge in [0.25, 0.3) is 0 Å². The molecular weight excluding hydrogens is 186 g/mol. The molecule has 0 unspecified atom stereocenters. The van der Waals surface area contributed by atoms with Crippen molar-refractivity contribution in [2.24, 2.45) is 5.92 Å². The van der Waals surface area contributed by atoms with E-state index in [0.29, 0.717) is 0 Å². The molecule has 0 spiro atoms. The standard InChI is InChI=1S/C13H21NO/c1-4-8-12(11(2)3)13(15)14-9-6-5-7-10-14/h4,8,11H,1,5-7,9-10H2,2-3H3. The zero-order valence-corrected chi connectivity index (χ0v) is 9.83. The normalized spacial score (nSPS) is 18.1. The van der Waals surface area contributed by atoms with Crippen LogP contribution in [0.15, 0.2) is 24.3 Å². The first-order valence-electron chi connectivity index (χ1n) is 5.78. The quantitative estimate of drug-likeness (QED) is 0.515. The molecule has 0 aromatic rings. The summed E-state index contributed by atoms with van der Waals surface area (Å²) in [5.41, 5.74) is 0.881. The molecule has 84 valence electrons. The third-order valence-electron chi connectivity index (χ3n) is 2.81. The molecule has 1 aliphatic rings. The number of piperidine rings is 1. The van der Waals surface area contributed by atoms with E-state index < -0.39 is 0 Å². The average Bonchev–Trinajstić information content (AvgIpc) is 2.26. The summed E-state index contributed by atoms with van der Waals surface area (Å²) in [5.74, 6) is 0.474. The van der Waals surface area contributed by atoms with Gasteiger partial charge in [-0.15, -0.1) is 0 Å². The number of allylic oxidation sites excluding steroid dienone is 2. The lowest BCUT2D eigenvalue weighted by molar-refractivity contribution is -0.128. The van der Waals surface area contributed by atoms with Crippen LogP contribution in [0.25, 0.3) is 0 Å². The van der Waals surface area contributed by atoms with Gasteiger partial charge in [-0.3, -0.25) is 4.79 Å². The average molecular weight is 207 g/mol. The van der Waals surface area contributed by atoms with Crippen molar-refractivity contribution in [3.8, 4) is 0 Å². The second kappa shape index (κ2) is 5.74. The van der Waals surface area contributed by atoms with Gasteiger partial charge in [-0.25, -0.2) is 0 Å². The van der Waals surface area contributed by atoms with Crippen LogP contribution in [0.3, 0.4) is 0 Å². The SMILES string of the molecule is C=CC=C(C(=O)N1CCCCC1)C(C)C. The van der Waals surface area contributed by atoms with Crippen LogP contribution in [-0.4, -0.2) is 23.9 Å². The van der Waals surface area contributed by atoms with Crippen LogP contribution in [0.4, 0.5) is 0 Å². The zero-order valence-electron chi connectivity index (χ0n) is 9.83. The summed E-state index contributed by atoms with van der Waals surface area (Å²) >= 11 is 0. The number of hydrogen-bond donors (Lipinski definition) is 0. The molecule has 2 nitrogen and oxygen atoms in total. The highest BCUT2D eigenvalue weighted by atomic mass is 16.2. The zero-order chi connectivity index (χ0) is 11.3. The maximum absolute atomic E-state index is 12.1. The van der Waals surface area contributed by atoms with Gasteiger partial charge >= 0.3 is 0 Å². The van der Waals surface area contributed by atoms with Gasteiger partial charge in [0, 0.05) is 18.7 Å². The number of nitrogens with zero attached hydrogens (tertiary/aromatic N) is 1. The fraction of sp³-hybridized carbons (Fsp3) is 0.615. The molecule has 0 aromatic carbocycles. The first-order chi connectivity index (χ1) is 7.16. The van der Waals surface area contributed by atoms with Crippen molar-refractivity contribution in [1.29, 1.82) is 0 Å². The fourth-order valence-corrected chi connectivity index (χ4v) is 1.92. The van der Waals surface area contributed by atoms with Crippen LogP contribution in [0, 0.1) is 5.92 Å². The maximum atomic E-state index is 12.1. The molecule has 1 aliphatic heterocycles. The summed E-state index contributed by atoms with van der Waals surface area (Å²) in [6, 6.07) is 0. The highest BCUT2D eigenvalue weighted by Crippen LogP contribution is 2.17. The molecule has 0 N–H and O–H groups in total. The van der Waals surface area contributed by atoms with Gasteiger partial charge in [0.2, 0.25) is 5.91 Å². The Morgan fingerprint density at radius 3 is 2.33 bits per heavy atom. The molecule has 2 heteroatoms. The largest absolute Gasteiger partial charge is 0.339 e. The van der Waals surface area contributed by atoms with Crippen molar-refractivity contribution in [1.82, 2.24) is 4.90 Å². The van der Waals surface area contributed by atoms with Crippen molar-refractivity contribution < 1.29 is 4.79 Å². The predicted octanol–water partition coefficient (Wildman–Crippen LogP) is 2.77. The van der Waals surface area contributed by atoms with Gasteiger partial charge in [-0.1, -0.05) is 32.6 Å². The summed E-state index contributed by atoms with van der Waals surface area (Å²) in [6.45, 7) is 9.60. The maximum Gasteiger partial charge on any atom is 0.250 e. The predicted molar refractivity (Wildman–Crippen MR) is 63.5 cm³/mol. The molecule has 0 saturated carbocycles. The molecule has 15 heavy (non-hydrogen) atoms. The summed E-state index contributed by atoms with van der Waals surface area (Å²) in [7, 11) is 0. The Balaban J connectivity index is 2.70. The third kappa shape index (κ3) is 3.22. The van der Waals surface area contributed by atoms with Gasteiger partial charge in [0.1, 0.15) is 0 Å². The van der Waals surface area contributed by atoms with Crippen molar-refractivity contribution in [3.05, 3.63) is 24.3 Å². The van der Waals surface area contributed by atoms with E-state index in [1.54, 1.807) is 6.08 Å². The Labute approximate surface area is 92.7 Å². The molecule has 1 heterocycles. The smallest absolute Gasteiger partial charge is 0.250 e.